The summed E-state index contributed by atoms with van der Waals surface area (Å²) >= 11 is 3.35. The summed E-state index contributed by atoms with van der Waals surface area (Å²) in [6.45, 7) is 0. The van der Waals surface area contributed by atoms with Gasteiger partial charge in [-0.05, 0) is 57.9 Å². The van der Waals surface area contributed by atoms with Crippen LogP contribution in [0.2, 0.25) is 0 Å². The molecule has 1 aliphatic rings. The highest BCUT2D eigenvalue weighted by Crippen LogP contribution is 2.37. The van der Waals surface area contributed by atoms with Crippen molar-refractivity contribution in [1.82, 2.24) is 4.98 Å². The minimum Gasteiger partial charge on any atom is -0.382 e. The third kappa shape index (κ3) is 2.72. The minimum absolute atomic E-state index is 0.645. The fourth-order valence-electron chi connectivity index (χ4n) is 2.44. The van der Waals surface area contributed by atoms with Crippen LogP contribution in [0.3, 0.4) is 0 Å². The van der Waals surface area contributed by atoms with Gasteiger partial charge in [0.15, 0.2) is 0 Å². The zero-order chi connectivity index (χ0) is 13.2. The molecule has 3 heteroatoms. The van der Waals surface area contributed by atoms with Crippen LogP contribution in [0.25, 0.3) is 0 Å². The third-order valence-electron chi connectivity index (χ3n) is 3.83. The second-order valence-corrected chi connectivity index (χ2v) is 6.02. The van der Waals surface area contributed by atoms with Crippen LogP contribution in [0.15, 0.2) is 47.1 Å². The Morgan fingerprint density at radius 1 is 1.21 bits per heavy atom. The number of aliphatic hydroxyl groups excluding tert-OH is 1. The maximum Gasteiger partial charge on any atom is 0.121 e. The first-order valence-corrected chi connectivity index (χ1v) is 7.43. The van der Waals surface area contributed by atoms with E-state index in [9.17, 15) is 5.11 Å². The third-order valence-corrected chi connectivity index (χ3v) is 4.30. The van der Waals surface area contributed by atoms with E-state index in [1.165, 1.54) is 24.8 Å². The smallest absolute Gasteiger partial charge is 0.121 e. The van der Waals surface area contributed by atoms with Crippen molar-refractivity contribution in [3.63, 3.8) is 0 Å². The lowest BCUT2D eigenvalue weighted by Gasteiger charge is -2.26. The summed E-state index contributed by atoms with van der Waals surface area (Å²) in [5.41, 5.74) is 2.97. The normalized spacial score (nSPS) is 16.9. The Bertz CT molecular complexity index is 563. The molecular weight excluding hydrogens is 302 g/mol. The molecular formula is C16H16BrNO. The highest BCUT2D eigenvalue weighted by Gasteiger charge is 2.20. The Kier molecular flexibility index (Phi) is 3.67. The number of halogens is 1. The Morgan fingerprint density at radius 3 is 2.68 bits per heavy atom. The fourth-order valence-corrected chi connectivity index (χ4v) is 2.68. The Morgan fingerprint density at radius 2 is 2.05 bits per heavy atom. The Balaban J connectivity index is 1.86. The molecule has 0 radical (unpaired) electrons. The lowest BCUT2D eigenvalue weighted by atomic mass is 9.79. The van der Waals surface area contributed by atoms with E-state index in [0.29, 0.717) is 11.6 Å². The molecule has 2 nitrogen and oxygen atoms in total. The van der Waals surface area contributed by atoms with Gasteiger partial charge in [0.05, 0.1) is 5.69 Å². The van der Waals surface area contributed by atoms with Crippen LogP contribution in [-0.2, 0) is 0 Å². The molecule has 1 fully saturated rings. The van der Waals surface area contributed by atoms with Crippen molar-refractivity contribution in [2.24, 2.45) is 0 Å². The molecule has 1 aromatic heterocycles. The van der Waals surface area contributed by atoms with Gasteiger partial charge in [-0.3, -0.25) is 4.98 Å². The zero-order valence-electron chi connectivity index (χ0n) is 10.6. The zero-order valence-corrected chi connectivity index (χ0v) is 12.2. The average Bonchev–Trinajstić information content (AvgIpc) is 2.37. The lowest BCUT2D eigenvalue weighted by Crippen LogP contribution is -2.10. The number of nitrogens with zero attached hydrogens (tertiary/aromatic N) is 1. The summed E-state index contributed by atoms with van der Waals surface area (Å²) in [6.07, 6.45) is 4.94. The van der Waals surface area contributed by atoms with Crippen molar-refractivity contribution in [3.05, 3.63) is 63.9 Å². The summed E-state index contributed by atoms with van der Waals surface area (Å²) in [5.74, 6) is 0.685. The molecule has 0 amide bonds. The molecule has 1 heterocycles. The van der Waals surface area contributed by atoms with Crippen LogP contribution in [-0.4, -0.2) is 10.1 Å². The van der Waals surface area contributed by atoms with E-state index in [0.717, 1.165) is 10.0 Å². The van der Waals surface area contributed by atoms with E-state index in [1.807, 2.05) is 24.3 Å². The number of hydrogen-bond acceptors (Lipinski definition) is 2. The van der Waals surface area contributed by atoms with Gasteiger partial charge in [0.25, 0.3) is 0 Å². The molecule has 1 unspecified atom stereocenters. The molecule has 1 atom stereocenters. The summed E-state index contributed by atoms with van der Waals surface area (Å²) < 4.78 is 0.923. The largest absolute Gasteiger partial charge is 0.382 e. The van der Waals surface area contributed by atoms with Gasteiger partial charge in [0, 0.05) is 10.7 Å². The summed E-state index contributed by atoms with van der Waals surface area (Å²) in [5, 5.41) is 10.4. The van der Waals surface area contributed by atoms with Gasteiger partial charge < -0.3 is 5.11 Å². The maximum absolute atomic E-state index is 10.4. The molecule has 0 bridgehead atoms. The highest BCUT2D eigenvalue weighted by atomic mass is 79.9. The second-order valence-electron chi connectivity index (χ2n) is 5.10. The van der Waals surface area contributed by atoms with E-state index >= 15 is 0 Å². The van der Waals surface area contributed by atoms with Gasteiger partial charge in [0.1, 0.15) is 6.10 Å². The van der Waals surface area contributed by atoms with Crippen molar-refractivity contribution in [3.8, 4) is 0 Å². The molecule has 0 saturated heterocycles. The summed E-state index contributed by atoms with van der Waals surface area (Å²) in [6, 6.07) is 12.0. The van der Waals surface area contributed by atoms with Crippen molar-refractivity contribution >= 4 is 15.9 Å². The minimum atomic E-state index is -0.645. The van der Waals surface area contributed by atoms with Crippen LogP contribution in [0.4, 0.5) is 0 Å². The van der Waals surface area contributed by atoms with Crippen molar-refractivity contribution < 1.29 is 5.11 Å². The van der Waals surface area contributed by atoms with Crippen molar-refractivity contribution in [2.75, 3.05) is 0 Å². The van der Waals surface area contributed by atoms with E-state index in [1.54, 1.807) is 6.20 Å². The molecule has 1 aromatic carbocycles. The first kappa shape index (κ1) is 12.8. The van der Waals surface area contributed by atoms with Crippen LogP contribution in [0.5, 0.6) is 0 Å². The predicted molar refractivity (Wildman–Crippen MR) is 79.0 cm³/mol. The van der Waals surface area contributed by atoms with Crippen molar-refractivity contribution in [2.45, 2.75) is 31.3 Å². The first-order valence-electron chi connectivity index (χ1n) is 6.63. The summed E-state index contributed by atoms with van der Waals surface area (Å²) in [4.78, 5) is 4.27. The molecule has 1 saturated carbocycles. The number of hydrogen-bond donors (Lipinski definition) is 1. The summed E-state index contributed by atoms with van der Waals surface area (Å²) in [7, 11) is 0. The van der Waals surface area contributed by atoms with Crippen LogP contribution in [0, 0.1) is 0 Å². The maximum atomic E-state index is 10.4. The Hall–Kier alpha value is -1.19. The molecule has 0 spiro atoms. The highest BCUT2D eigenvalue weighted by molar-refractivity contribution is 9.10. The molecule has 1 aliphatic carbocycles. The van der Waals surface area contributed by atoms with E-state index in [4.69, 9.17) is 0 Å². The van der Waals surface area contributed by atoms with Gasteiger partial charge >= 0.3 is 0 Å². The number of aliphatic hydroxyl groups is 1. The van der Waals surface area contributed by atoms with E-state index in [-0.39, 0.29) is 0 Å². The Labute approximate surface area is 121 Å². The van der Waals surface area contributed by atoms with Gasteiger partial charge in [-0.2, -0.15) is 0 Å². The van der Waals surface area contributed by atoms with E-state index < -0.39 is 6.10 Å². The predicted octanol–water partition coefficient (Wildman–Crippen LogP) is 4.19. The van der Waals surface area contributed by atoms with Gasteiger partial charge in [-0.1, -0.05) is 30.7 Å². The number of pyridine rings is 1. The number of aromatic nitrogens is 1. The molecule has 1 N–H and O–H groups in total. The molecule has 0 aliphatic heterocycles. The average molecular weight is 318 g/mol. The van der Waals surface area contributed by atoms with Gasteiger partial charge in [-0.25, -0.2) is 0 Å². The number of benzene rings is 1. The molecule has 98 valence electrons. The van der Waals surface area contributed by atoms with Crippen LogP contribution in [0.1, 0.15) is 48.1 Å². The number of rotatable bonds is 3. The van der Waals surface area contributed by atoms with E-state index in [2.05, 4.69) is 33.0 Å². The second kappa shape index (κ2) is 5.43. The SMILES string of the molecule is OC(c1cccc(C2CCC2)c1)c1ccc(Br)cn1. The quantitative estimate of drug-likeness (QED) is 0.920. The van der Waals surface area contributed by atoms with Gasteiger partial charge in [-0.15, -0.1) is 0 Å². The molecule has 19 heavy (non-hydrogen) atoms. The molecule has 3 rings (SSSR count). The van der Waals surface area contributed by atoms with Gasteiger partial charge in [0.2, 0.25) is 0 Å². The lowest BCUT2D eigenvalue weighted by molar-refractivity contribution is 0.215. The van der Waals surface area contributed by atoms with Crippen LogP contribution >= 0.6 is 15.9 Å². The van der Waals surface area contributed by atoms with Crippen molar-refractivity contribution in [1.29, 1.82) is 0 Å². The standard InChI is InChI=1S/C16H16BrNO/c17-14-7-8-15(18-10-14)16(19)13-6-2-5-12(9-13)11-3-1-4-11/h2,5-11,16,19H,1,3-4H2. The fraction of sp³-hybridized carbons (Fsp3) is 0.312. The topological polar surface area (TPSA) is 33.1 Å². The first-order chi connectivity index (χ1) is 9.24. The molecule has 2 aromatic rings. The van der Waals surface area contributed by atoms with Crippen LogP contribution < -0.4 is 0 Å². The monoisotopic (exact) mass is 317 g/mol.